The molecular formula is C15H27N5. The summed E-state index contributed by atoms with van der Waals surface area (Å²) < 4.78 is 0. The number of hydrogen-bond donors (Lipinski definition) is 1. The molecule has 0 saturated carbocycles. The van der Waals surface area contributed by atoms with Crippen LogP contribution in [-0.4, -0.2) is 54.6 Å². The average Bonchev–Trinajstić information content (AvgIpc) is 2.47. The van der Waals surface area contributed by atoms with Crippen LogP contribution in [0.1, 0.15) is 31.7 Å². The van der Waals surface area contributed by atoms with Gasteiger partial charge in [0.2, 0.25) is 0 Å². The third-order valence-electron chi connectivity index (χ3n) is 3.83. The van der Waals surface area contributed by atoms with E-state index in [9.17, 15) is 0 Å². The van der Waals surface area contributed by atoms with Gasteiger partial charge in [-0.15, -0.1) is 0 Å². The second kappa shape index (κ2) is 6.88. The van der Waals surface area contributed by atoms with Crippen molar-refractivity contribution in [1.82, 2.24) is 14.9 Å². The van der Waals surface area contributed by atoms with Crippen LogP contribution in [-0.2, 0) is 6.42 Å². The minimum Gasteiger partial charge on any atom is -0.370 e. The number of piperazine rings is 1. The topological polar surface area (TPSA) is 44.3 Å². The summed E-state index contributed by atoms with van der Waals surface area (Å²) in [5, 5.41) is 3.44. The monoisotopic (exact) mass is 277 g/mol. The molecule has 1 aliphatic heterocycles. The highest BCUT2D eigenvalue weighted by Crippen LogP contribution is 2.24. The number of nitrogens with one attached hydrogen (secondary N) is 1. The number of rotatable bonds is 5. The maximum atomic E-state index is 4.76. The molecule has 112 valence electrons. The number of aryl methyl sites for hydroxylation is 1. The van der Waals surface area contributed by atoms with Crippen molar-refractivity contribution in [3.8, 4) is 0 Å². The Labute approximate surface area is 122 Å². The second-order valence-corrected chi connectivity index (χ2v) is 5.51. The molecule has 0 spiro atoms. The van der Waals surface area contributed by atoms with Gasteiger partial charge in [-0.3, -0.25) is 0 Å². The Morgan fingerprint density at radius 1 is 1.10 bits per heavy atom. The van der Waals surface area contributed by atoms with Crippen molar-refractivity contribution >= 4 is 11.6 Å². The summed E-state index contributed by atoms with van der Waals surface area (Å²) >= 11 is 0. The van der Waals surface area contributed by atoms with Gasteiger partial charge in [-0.05, 0) is 20.4 Å². The molecule has 0 unspecified atom stereocenters. The van der Waals surface area contributed by atoms with Gasteiger partial charge in [-0.1, -0.05) is 13.8 Å². The molecule has 1 N–H and O–H groups in total. The third-order valence-corrected chi connectivity index (χ3v) is 3.83. The van der Waals surface area contributed by atoms with Gasteiger partial charge >= 0.3 is 0 Å². The van der Waals surface area contributed by atoms with Crippen molar-refractivity contribution < 1.29 is 0 Å². The molecule has 1 fully saturated rings. The van der Waals surface area contributed by atoms with E-state index in [0.29, 0.717) is 0 Å². The van der Waals surface area contributed by atoms with Gasteiger partial charge in [-0.2, -0.15) is 0 Å². The summed E-state index contributed by atoms with van der Waals surface area (Å²) in [5.74, 6) is 3.05. The van der Waals surface area contributed by atoms with E-state index in [4.69, 9.17) is 4.98 Å². The molecule has 2 heterocycles. The Balaban J connectivity index is 2.26. The first-order valence-corrected chi connectivity index (χ1v) is 7.70. The van der Waals surface area contributed by atoms with Gasteiger partial charge < -0.3 is 15.1 Å². The van der Waals surface area contributed by atoms with Crippen molar-refractivity contribution in [1.29, 1.82) is 0 Å². The van der Waals surface area contributed by atoms with Gasteiger partial charge in [0.1, 0.15) is 17.5 Å². The fourth-order valence-corrected chi connectivity index (χ4v) is 2.45. The largest absolute Gasteiger partial charge is 0.370 e. The smallest absolute Gasteiger partial charge is 0.137 e. The standard InChI is InChI=1S/C15H27N5/c1-5-7-16-14-12(3)15(18-13(6-2)17-14)20-10-8-19(4)9-11-20/h5-11H2,1-4H3,(H,16,17,18). The van der Waals surface area contributed by atoms with E-state index in [1.54, 1.807) is 0 Å². The molecule has 5 heteroatoms. The minimum absolute atomic E-state index is 0.877. The number of hydrogen-bond acceptors (Lipinski definition) is 5. The van der Waals surface area contributed by atoms with Gasteiger partial charge in [-0.25, -0.2) is 9.97 Å². The fraction of sp³-hybridized carbons (Fsp3) is 0.733. The fourth-order valence-electron chi connectivity index (χ4n) is 2.45. The van der Waals surface area contributed by atoms with E-state index < -0.39 is 0 Å². The molecule has 1 aromatic heterocycles. The lowest BCUT2D eigenvalue weighted by Gasteiger charge is -2.34. The zero-order valence-corrected chi connectivity index (χ0v) is 13.2. The van der Waals surface area contributed by atoms with Crippen molar-refractivity contribution in [2.45, 2.75) is 33.6 Å². The Bertz CT molecular complexity index is 438. The molecule has 0 radical (unpaired) electrons. The molecule has 0 aliphatic carbocycles. The van der Waals surface area contributed by atoms with E-state index in [1.807, 2.05) is 0 Å². The molecule has 5 nitrogen and oxygen atoms in total. The number of anilines is 2. The van der Waals surface area contributed by atoms with Crippen molar-refractivity contribution in [2.75, 3.05) is 50.0 Å². The van der Waals surface area contributed by atoms with Crippen LogP contribution >= 0.6 is 0 Å². The lowest BCUT2D eigenvalue weighted by molar-refractivity contribution is 0.312. The Morgan fingerprint density at radius 3 is 2.40 bits per heavy atom. The maximum Gasteiger partial charge on any atom is 0.137 e. The summed E-state index contributed by atoms with van der Waals surface area (Å²) in [6, 6.07) is 0. The predicted molar refractivity (Wildman–Crippen MR) is 84.6 cm³/mol. The van der Waals surface area contributed by atoms with Gasteiger partial charge in [0.05, 0.1) is 0 Å². The highest BCUT2D eigenvalue weighted by atomic mass is 15.3. The number of nitrogens with zero attached hydrogens (tertiary/aromatic N) is 4. The van der Waals surface area contributed by atoms with Crippen molar-refractivity contribution in [3.63, 3.8) is 0 Å². The lowest BCUT2D eigenvalue weighted by Crippen LogP contribution is -2.45. The molecule has 20 heavy (non-hydrogen) atoms. The van der Waals surface area contributed by atoms with Crippen LogP contribution in [0.3, 0.4) is 0 Å². The van der Waals surface area contributed by atoms with E-state index in [-0.39, 0.29) is 0 Å². The molecule has 0 atom stereocenters. The van der Waals surface area contributed by atoms with Gasteiger partial charge in [0.25, 0.3) is 0 Å². The summed E-state index contributed by atoms with van der Waals surface area (Å²) in [6.07, 6.45) is 1.98. The van der Waals surface area contributed by atoms with Gasteiger partial charge in [0.15, 0.2) is 0 Å². The van der Waals surface area contributed by atoms with E-state index >= 15 is 0 Å². The van der Waals surface area contributed by atoms with Crippen LogP contribution in [0.15, 0.2) is 0 Å². The molecule has 1 saturated heterocycles. The zero-order chi connectivity index (χ0) is 14.5. The van der Waals surface area contributed by atoms with Crippen molar-refractivity contribution in [3.05, 3.63) is 11.4 Å². The average molecular weight is 277 g/mol. The van der Waals surface area contributed by atoms with Crippen LogP contribution in [0.5, 0.6) is 0 Å². The number of aromatic nitrogens is 2. The summed E-state index contributed by atoms with van der Waals surface area (Å²) in [7, 11) is 2.18. The van der Waals surface area contributed by atoms with E-state index in [2.05, 4.69) is 47.9 Å². The van der Waals surface area contributed by atoms with Crippen LogP contribution in [0, 0.1) is 6.92 Å². The minimum atomic E-state index is 0.877. The highest BCUT2D eigenvalue weighted by Gasteiger charge is 2.19. The Hall–Kier alpha value is -1.36. The molecular weight excluding hydrogens is 250 g/mol. The molecule has 1 aliphatic rings. The number of likely N-dealkylation sites (N-methyl/N-ethyl adjacent to an activating group) is 1. The highest BCUT2D eigenvalue weighted by molar-refractivity contribution is 5.59. The van der Waals surface area contributed by atoms with Gasteiger partial charge in [0, 0.05) is 44.7 Å². The summed E-state index contributed by atoms with van der Waals surface area (Å²) in [5.41, 5.74) is 1.18. The first-order chi connectivity index (χ1) is 9.65. The molecule has 0 bridgehead atoms. The first-order valence-electron chi connectivity index (χ1n) is 7.70. The predicted octanol–water partition coefficient (Wildman–Crippen LogP) is 1.92. The Kier molecular flexibility index (Phi) is 5.17. The molecule has 0 amide bonds. The zero-order valence-electron chi connectivity index (χ0n) is 13.2. The normalized spacial score (nSPS) is 16.5. The first kappa shape index (κ1) is 15.0. The third kappa shape index (κ3) is 3.39. The van der Waals surface area contributed by atoms with Crippen LogP contribution < -0.4 is 10.2 Å². The molecule has 0 aromatic carbocycles. The maximum absolute atomic E-state index is 4.76. The lowest BCUT2D eigenvalue weighted by atomic mass is 10.2. The van der Waals surface area contributed by atoms with Crippen LogP contribution in [0.4, 0.5) is 11.6 Å². The quantitative estimate of drug-likeness (QED) is 0.891. The van der Waals surface area contributed by atoms with E-state index in [0.717, 1.165) is 63.0 Å². The van der Waals surface area contributed by atoms with Crippen LogP contribution in [0.2, 0.25) is 0 Å². The van der Waals surface area contributed by atoms with E-state index in [1.165, 1.54) is 5.56 Å². The molecule has 1 aromatic rings. The SMILES string of the molecule is CCCNc1nc(CC)nc(N2CCN(C)CC2)c1C. The van der Waals surface area contributed by atoms with Crippen LogP contribution in [0.25, 0.3) is 0 Å². The van der Waals surface area contributed by atoms with Crippen molar-refractivity contribution in [2.24, 2.45) is 0 Å². The Morgan fingerprint density at radius 2 is 1.80 bits per heavy atom. The second-order valence-electron chi connectivity index (χ2n) is 5.51. The summed E-state index contributed by atoms with van der Waals surface area (Å²) in [6.45, 7) is 11.7. The summed E-state index contributed by atoms with van der Waals surface area (Å²) in [4.78, 5) is 14.2. The molecule has 2 rings (SSSR count).